The average molecular weight is 505 g/mol. The van der Waals surface area contributed by atoms with Crippen LogP contribution >= 0.6 is 35.3 Å². The van der Waals surface area contributed by atoms with Crippen molar-refractivity contribution < 1.29 is 4.39 Å². The molecule has 150 valence electrons. The van der Waals surface area contributed by atoms with E-state index in [9.17, 15) is 4.39 Å². The largest absolute Gasteiger partial charge is 0.357 e. The molecule has 0 saturated carbocycles. The summed E-state index contributed by atoms with van der Waals surface area (Å²) >= 11 is 1.67. The molecule has 2 rings (SSSR count). The molecule has 0 radical (unpaired) electrons. The lowest BCUT2D eigenvalue weighted by Crippen LogP contribution is -2.39. The van der Waals surface area contributed by atoms with Crippen LogP contribution < -0.4 is 5.32 Å². The van der Waals surface area contributed by atoms with Crippen LogP contribution in [0.25, 0.3) is 0 Å². The Kier molecular flexibility index (Phi) is 10.8. The van der Waals surface area contributed by atoms with Gasteiger partial charge in [0.25, 0.3) is 0 Å². The summed E-state index contributed by atoms with van der Waals surface area (Å²) in [6, 6.07) is 6.64. The highest BCUT2D eigenvalue weighted by molar-refractivity contribution is 14.0. The Morgan fingerprint density at radius 1 is 1.22 bits per heavy atom. The molecule has 0 amide bonds. The Bertz CT molecular complexity index is 704. The van der Waals surface area contributed by atoms with Crippen LogP contribution in [-0.4, -0.2) is 54.5 Å². The van der Waals surface area contributed by atoms with E-state index in [1.54, 1.807) is 11.3 Å². The molecule has 1 aromatic carbocycles. The van der Waals surface area contributed by atoms with Crippen LogP contribution in [0.5, 0.6) is 0 Å². The molecule has 0 fully saturated rings. The molecule has 0 atom stereocenters. The number of likely N-dealkylation sites (N-methyl/N-ethyl adjacent to an activating group) is 1. The number of hydrogen-bond donors (Lipinski definition) is 1. The predicted octanol–water partition coefficient (Wildman–Crippen LogP) is 3.74. The zero-order chi connectivity index (χ0) is 18.9. The van der Waals surface area contributed by atoms with Gasteiger partial charge in [0, 0.05) is 32.1 Å². The van der Waals surface area contributed by atoms with Crippen LogP contribution in [0, 0.1) is 12.7 Å². The van der Waals surface area contributed by atoms with Crippen LogP contribution in [-0.2, 0) is 13.1 Å². The monoisotopic (exact) mass is 505 g/mol. The number of aliphatic imine (C=N–C) groups is 1. The summed E-state index contributed by atoms with van der Waals surface area (Å²) < 4.78 is 13.0. The van der Waals surface area contributed by atoms with Gasteiger partial charge in [-0.3, -0.25) is 4.99 Å². The average Bonchev–Trinajstić information content (AvgIpc) is 3.01. The van der Waals surface area contributed by atoms with Crippen LogP contribution in [0.15, 0.2) is 34.6 Å². The number of guanidine groups is 1. The zero-order valence-electron chi connectivity index (χ0n) is 16.4. The lowest BCUT2D eigenvalue weighted by molar-refractivity contribution is 0.335. The molecule has 8 heteroatoms. The van der Waals surface area contributed by atoms with Crippen molar-refractivity contribution in [1.82, 2.24) is 20.1 Å². The van der Waals surface area contributed by atoms with Crippen molar-refractivity contribution in [3.63, 3.8) is 0 Å². The zero-order valence-corrected chi connectivity index (χ0v) is 19.6. The Morgan fingerprint density at radius 2 is 1.93 bits per heavy atom. The number of aromatic nitrogens is 1. The fourth-order valence-corrected chi connectivity index (χ4v) is 3.18. The van der Waals surface area contributed by atoms with E-state index in [2.05, 4.69) is 32.4 Å². The lowest BCUT2D eigenvalue weighted by atomic mass is 10.2. The molecule has 0 aliphatic carbocycles. The molecule has 0 aliphatic heterocycles. The maximum Gasteiger partial charge on any atom is 0.194 e. The summed E-state index contributed by atoms with van der Waals surface area (Å²) in [5.74, 6) is 0.683. The molecular formula is C19H29FIN5S. The quantitative estimate of drug-likeness (QED) is 0.338. The molecule has 2 aromatic rings. The molecule has 0 unspecified atom stereocenters. The second-order valence-corrected chi connectivity index (χ2v) is 7.38. The van der Waals surface area contributed by atoms with Crippen molar-refractivity contribution in [2.75, 3.05) is 33.7 Å². The number of aryl methyl sites for hydroxylation is 1. The molecule has 0 aliphatic rings. The fourth-order valence-electron chi connectivity index (χ4n) is 2.58. The van der Waals surface area contributed by atoms with E-state index in [1.165, 1.54) is 12.1 Å². The lowest BCUT2D eigenvalue weighted by Gasteiger charge is -2.22. The van der Waals surface area contributed by atoms with Crippen molar-refractivity contribution in [3.05, 3.63) is 51.7 Å². The van der Waals surface area contributed by atoms with Gasteiger partial charge in [-0.1, -0.05) is 12.1 Å². The van der Waals surface area contributed by atoms with Crippen molar-refractivity contribution in [3.8, 4) is 0 Å². The highest BCUT2D eigenvalue weighted by atomic mass is 127. The van der Waals surface area contributed by atoms with Gasteiger partial charge < -0.3 is 15.1 Å². The van der Waals surface area contributed by atoms with Crippen molar-refractivity contribution in [2.45, 2.75) is 26.9 Å². The van der Waals surface area contributed by atoms with Gasteiger partial charge in [0.15, 0.2) is 5.96 Å². The Morgan fingerprint density at radius 3 is 2.52 bits per heavy atom. The minimum Gasteiger partial charge on any atom is -0.357 e. The smallest absolute Gasteiger partial charge is 0.194 e. The molecule has 0 spiro atoms. The van der Waals surface area contributed by atoms with E-state index in [4.69, 9.17) is 4.99 Å². The second-order valence-electron chi connectivity index (χ2n) is 6.31. The van der Waals surface area contributed by atoms with E-state index in [1.807, 2.05) is 33.2 Å². The first-order valence-electron chi connectivity index (χ1n) is 8.81. The Labute approximate surface area is 182 Å². The number of hydrogen-bond acceptors (Lipinski definition) is 4. The molecule has 5 nitrogen and oxygen atoms in total. The molecule has 0 saturated heterocycles. The van der Waals surface area contributed by atoms with E-state index in [0.29, 0.717) is 6.54 Å². The topological polar surface area (TPSA) is 43.8 Å². The minimum atomic E-state index is -0.199. The molecule has 0 bridgehead atoms. The van der Waals surface area contributed by atoms with Crippen LogP contribution in [0.1, 0.15) is 23.2 Å². The van der Waals surface area contributed by atoms with Gasteiger partial charge in [-0.25, -0.2) is 9.37 Å². The van der Waals surface area contributed by atoms with E-state index >= 15 is 0 Å². The number of nitrogens with zero attached hydrogens (tertiary/aromatic N) is 4. The third kappa shape index (κ3) is 8.52. The number of halogens is 2. The van der Waals surface area contributed by atoms with E-state index in [0.717, 1.165) is 48.4 Å². The molecular weight excluding hydrogens is 476 g/mol. The van der Waals surface area contributed by atoms with Crippen molar-refractivity contribution in [1.29, 1.82) is 0 Å². The summed E-state index contributed by atoms with van der Waals surface area (Å²) in [7, 11) is 4.08. The third-order valence-corrected chi connectivity index (χ3v) is 4.69. The summed E-state index contributed by atoms with van der Waals surface area (Å²) in [5, 5.41) is 6.50. The van der Waals surface area contributed by atoms with Crippen LogP contribution in [0.4, 0.5) is 4.39 Å². The van der Waals surface area contributed by atoms with Gasteiger partial charge >= 0.3 is 0 Å². The summed E-state index contributed by atoms with van der Waals surface area (Å²) in [6.45, 7) is 7.95. The summed E-state index contributed by atoms with van der Waals surface area (Å²) in [6.07, 6.45) is 0. The second kappa shape index (κ2) is 12.2. The summed E-state index contributed by atoms with van der Waals surface area (Å²) in [5.41, 5.74) is 2.16. The molecule has 1 heterocycles. The van der Waals surface area contributed by atoms with Crippen molar-refractivity contribution >= 4 is 41.3 Å². The Hall–Kier alpha value is -1.26. The van der Waals surface area contributed by atoms with Gasteiger partial charge in [0.1, 0.15) is 5.82 Å². The van der Waals surface area contributed by atoms with Gasteiger partial charge in [-0.15, -0.1) is 35.3 Å². The number of nitrogens with one attached hydrogen (secondary N) is 1. The first-order valence-corrected chi connectivity index (χ1v) is 9.69. The van der Waals surface area contributed by atoms with Gasteiger partial charge in [0.2, 0.25) is 0 Å². The molecule has 1 N–H and O–H groups in total. The maximum atomic E-state index is 13.0. The standard InChI is InChI=1S/C19H28FN5S.HI/c1-5-21-19(25(4)13-18-14-26-15(2)23-18)22-10-11-24(3)12-16-6-8-17(20)9-7-16;/h6-9,14H,5,10-13H2,1-4H3,(H,21,22);1H. The number of thiazole rings is 1. The Balaban J connectivity index is 0.00000364. The third-order valence-electron chi connectivity index (χ3n) is 3.87. The first kappa shape index (κ1) is 23.8. The van der Waals surface area contributed by atoms with Gasteiger partial charge in [-0.05, 0) is 38.6 Å². The molecule has 1 aromatic heterocycles. The van der Waals surface area contributed by atoms with Crippen LogP contribution in [0.2, 0.25) is 0 Å². The minimum absolute atomic E-state index is 0. The first-order chi connectivity index (χ1) is 12.5. The molecule has 27 heavy (non-hydrogen) atoms. The van der Waals surface area contributed by atoms with Gasteiger partial charge in [-0.2, -0.15) is 0 Å². The fraction of sp³-hybridized carbons (Fsp3) is 0.474. The normalized spacial score (nSPS) is 11.4. The maximum absolute atomic E-state index is 13.0. The highest BCUT2D eigenvalue weighted by Gasteiger charge is 2.09. The number of benzene rings is 1. The van der Waals surface area contributed by atoms with Crippen LogP contribution in [0.3, 0.4) is 0 Å². The van der Waals surface area contributed by atoms with E-state index < -0.39 is 0 Å². The SMILES string of the molecule is CCNC(=NCCN(C)Cc1ccc(F)cc1)N(C)Cc1csc(C)n1.I. The van der Waals surface area contributed by atoms with Gasteiger partial charge in [0.05, 0.1) is 23.8 Å². The highest BCUT2D eigenvalue weighted by Crippen LogP contribution is 2.10. The number of rotatable bonds is 8. The van der Waals surface area contributed by atoms with Crippen molar-refractivity contribution in [2.24, 2.45) is 4.99 Å². The predicted molar refractivity (Wildman–Crippen MR) is 122 cm³/mol. The van der Waals surface area contributed by atoms with E-state index in [-0.39, 0.29) is 29.8 Å². The summed E-state index contributed by atoms with van der Waals surface area (Å²) in [4.78, 5) is 13.5.